The Morgan fingerprint density at radius 1 is 1.40 bits per heavy atom. The molecule has 0 bridgehead atoms. The van der Waals surface area contributed by atoms with Gasteiger partial charge in [-0.2, -0.15) is 0 Å². The van der Waals surface area contributed by atoms with Gasteiger partial charge < -0.3 is 4.57 Å². The Balaban J connectivity index is 2.46. The molecule has 76 valence electrons. The minimum atomic E-state index is -0.0347. The average molecular weight is 312 g/mol. The number of hydrogen-bond donors (Lipinski definition) is 0. The van der Waals surface area contributed by atoms with Crippen molar-refractivity contribution in [1.82, 2.24) is 9.55 Å². The third-order valence-electron chi connectivity index (χ3n) is 2.14. The standard InChI is InChI=1S/C11H9IN2O/c1-14-7-6-13-11(14)10(15)8-4-2-3-5-9(8)12/h2-7H,1H3. The lowest BCUT2D eigenvalue weighted by atomic mass is 10.1. The lowest BCUT2D eigenvalue weighted by molar-refractivity contribution is 0.102. The van der Waals surface area contributed by atoms with Gasteiger partial charge in [0, 0.05) is 28.6 Å². The van der Waals surface area contributed by atoms with Gasteiger partial charge in [-0.1, -0.05) is 12.1 Å². The highest BCUT2D eigenvalue weighted by Gasteiger charge is 2.15. The molecule has 0 atom stereocenters. The maximum atomic E-state index is 12.1. The summed E-state index contributed by atoms with van der Waals surface area (Å²) in [4.78, 5) is 16.1. The molecule has 15 heavy (non-hydrogen) atoms. The van der Waals surface area contributed by atoms with Gasteiger partial charge in [-0.05, 0) is 34.7 Å². The molecule has 0 saturated heterocycles. The average Bonchev–Trinajstić information content (AvgIpc) is 2.64. The second kappa shape index (κ2) is 4.14. The fourth-order valence-corrected chi connectivity index (χ4v) is 1.98. The second-order valence-corrected chi connectivity index (χ2v) is 4.33. The van der Waals surface area contributed by atoms with Crippen molar-refractivity contribution < 1.29 is 4.79 Å². The van der Waals surface area contributed by atoms with E-state index in [1.54, 1.807) is 17.0 Å². The first kappa shape index (κ1) is 10.4. The summed E-state index contributed by atoms with van der Waals surface area (Å²) in [5.74, 6) is 0.437. The topological polar surface area (TPSA) is 34.9 Å². The van der Waals surface area contributed by atoms with Crippen LogP contribution >= 0.6 is 22.6 Å². The summed E-state index contributed by atoms with van der Waals surface area (Å²) in [7, 11) is 1.82. The minimum Gasteiger partial charge on any atom is -0.331 e. The van der Waals surface area contributed by atoms with E-state index in [-0.39, 0.29) is 5.78 Å². The van der Waals surface area contributed by atoms with Crippen LogP contribution in [0, 0.1) is 3.57 Å². The predicted octanol–water partition coefficient (Wildman–Crippen LogP) is 2.26. The molecule has 4 heteroatoms. The highest BCUT2D eigenvalue weighted by atomic mass is 127. The number of benzene rings is 1. The Labute approximate surface area is 101 Å². The Hall–Kier alpha value is -1.17. The van der Waals surface area contributed by atoms with Gasteiger partial charge >= 0.3 is 0 Å². The number of imidazole rings is 1. The molecule has 0 radical (unpaired) electrons. The third-order valence-corrected chi connectivity index (χ3v) is 3.08. The number of aryl methyl sites for hydroxylation is 1. The van der Waals surface area contributed by atoms with Gasteiger partial charge in [0.05, 0.1) is 0 Å². The summed E-state index contributed by atoms with van der Waals surface area (Å²) in [5, 5.41) is 0. The molecule has 2 aromatic rings. The normalized spacial score (nSPS) is 10.3. The van der Waals surface area contributed by atoms with E-state index in [1.807, 2.05) is 31.3 Å². The Morgan fingerprint density at radius 2 is 2.13 bits per heavy atom. The summed E-state index contributed by atoms with van der Waals surface area (Å²) in [5.41, 5.74) is 0.701. The number of nitrogens with zero attached hydrogens (tertiary/aromatic N) is 2. The van der Waals surface area contributed by atoms with Crippen molar-refractivity contribution in [2.24, 2.45) is 7.05 Å². The lowest BCUT2D eigenvalue weighted by Crippen LogP contribution is -2.09. The van der Waals surface area contributed by atoms with E-state index in [0.717, 1.165) is 3.57 Å². The molecular formula is C11H9IN2O. The van der Waals surface area contributed by atoms with E-state index in [4.69, 9.17) is 0 Å². The molecular weight excluding hydrogens is 303 g/mol. The van der Waals surface area contributed by atoms with Gasteiger partial charge in [-0.25, -0.2) is 4.98 Å². The number of aromatic nitrogens is 2. The molecule has 0 aliphatic rings. The molecule has 1 heterocycles. The van der Waals surface area contributed by atoms with Gasteiger partial charge in [0.2, 0.25) is 5.78 Å². The first-order chi connectivity index (χ1) is 7.20. The SMILES string of the molecule is Cn1ccnc1C(=O)c1ccccc1I. The summed E-state index contributed by atoms with van der Waals surface area (Å²) in [6, 6.07) is 7.50. The van der Waals surface area contributed by atoms with Crippen molar-refractivity contribution in [1.29, 1.82) is 0 Å². The Morgan fingerprint density at radius 3 is 2.73 bits per heavy atom. The van der Waals surface area contributed by atoms with Gasteiger partial charge in [0.1, 0.15) is 0 Å². The summed E-state index contributed by atoms with van der Waals surface area (Å²) >= 11 is 2.15. The van der Waals surface area contributed by atoms with Crippen LogP contribution in [0.4, 0.5) is 0 Å². The van der Waals surface area contributed by atoms with Crippen molar-refractivity contribution in [3.05, 3.63) is 51.6 Å². The zero-order valence-corrected chi connectivity index (χ0v) is 10.3. The summed E-state index contributed by atoms with van der Waals surface area (Å²) < 4.78 is 2.67. The first-order valence-electron chi connectivity index (χ1n) is 4.46. The van der Waals surface area contributed by atoms with Crippen molar-refractivity contribution in [3.8, 4) is 0 Å². The van der Waals surface area contributed by atoms with Crippen molar-refractivity contribution >= 4 is 28.4 Å². The second-order valence-electron chi connectivity index (χ2n) is 3.17. The maximum Gasteiger partial charge on any atom is 0.229 e. The number of ketones is 1. The summed E-state index contributed by atoms with van der Waals surface area (Å²) in [6.07, 6.45) is 3.39. The highest BCUT2D eigenvalue weighted by Crippen LogP contribution is 2.15. The zero-order valence-electron chi connectivity index (χ0n) is 8.14. The van der Waals surface area contributed by atoms with Crippen LogP contribution < -0.4 is 0 Å². The molecule has 2 rings (SSSR count). The number of carbonyl (C=O) groups is 1. The monoisotopic (exact) mass is 312 g/mol. The van der Waals surface area contributed by atoms with Crippen LogP contribution in [0.5, 0.6) is 0 Å². The van der Waals surface area contributed by atoms with E-state index in [2.05, 4.69) is 27.6 Å². The molecule has 0 aliphatic carbocycles. The molecule has 0 amide bonds. The van der Waals surface area contributed by atoms with Crippen LogP contribution in [0.3, 0.4) is 0 Å². The molecule has 0 unspecified atom stereocenters. The van der Waals surface area contributed by atoms with Crippen LogP contribution in [-0.2, 0) is 7.05 Å². The third kappa shape index (κ3) is 1.94. The number of carbonyl (C=O) groups excluding carboxylic acids is 1. The fraction of sp³-hybridized carbons (Fsp3) is 0.0909. The molecule has 0 aliphatic heterocycles. The quantitative estimate of drug-likeness (QED) is 0.630. The number of halogens is 1. The van der Waals surface area contributed by atoms with E-state index >= 15 is 0 Å². The van der Waals surface area contributed by atoms with Crippen LogP contribution in [0.2, 0.25) is 0 Å². The number of hydrogen-bond acceptors (Lipinski definition) is 2. The van der Waals surface area contributed by atoms with Crippen molar-refractivity contribution in [2.45, 2.75) is 0 Å². The Bertz CT molecular complexity index is 505. The van der Waals surface area contributed by atoms with Crippen molar-refractivity contribution in [2.75, 3.05) is 0 Å². The van der Waals surface area contributed by atoms with Gasteiger partial charge in [-0.3, -0.25) is 4.79 Å². The molecule has 3 nitrogen and oxygen atoms in total. The van der Waals surface area contributed by atoms with Gasteiger partial charge in [-0.15, -0.1) is 0 Å². The number of rotatable bonds is 2. The van der Waals surface area contributed by atoms with Crippen molar-refractivity contribution in [3.63, 3.8) is 0 Å². The highest BCUT2D eigenvalue weighted by molar-refractivity contribution is 14.1. The predicted molar refractivity (Wildman–Crippen MR) is 65.8 cm³/mol. The summed E-state index contributed by atoms with van der Waals surface area (Å²) in [6.45, 7) is 0. The molecule has 0 N–H and O–H groups in total. The maximum absolute atomic E-state index is 12.1. The van der Waals surface area contributed by atoms with Crippen LogP contribution in [0.15, 0.2) is 36.7 Å². The van der Waals surface area contributed by atoms with Crippen LogP contribution in [-0.4, -0.2) is 15.3 Å². The van der Waals surface area contributed by atoms with Crippen LogP contribution in [0.1, 0.15) is 16.2 Å². The van der Waals surface area contributed by atoms with Gasteiger partial charge in [0.15, 0.2) is 5.82 Å². The minimum absolute atomic E-state index is 0.0347. The Kier molecular flexibility index (Phi) is 2.86. The zero-order chi connectivity index (χ0) is 10.8. The molecule has 0 spiro atoms. The van der Waals surface area contributed by atoms with E-state index in [1.165, 1.54) is 0 Å². The van der Waals surface area contributed by atoms with E-state index in [9.17, 15) is 4.79 Å². The first-order valence-corrected chi connectivity index (χ1v) is 5.54. The molecule has 1 aromatic carbocycles. The van der Waals surface area contributed by atoms with E-state index in [0.29, 0.717) is 11.4 Å². The van der Waals surface area contributed by atoms with Gasteiger partial charge in [0.25, 0.3) is 0 Å². The van der Waals surface area contributed by atoms with Crippen LogP contribution in [0.25, 0.3) is 0 Å². The van der Waals surface area contributed by atoms with E-state index < -0.39 is 0 Å². The molecule has 1 aromatic heterocycles. The lowest BCUT2D eigenvalue weighted by Gasteiger charge is -2.02. The largest absolute Gasteiger partial charge is 0.331 e. The molecule has 0 fully saturated rings. The molecule has 0 saturated carbocycles. The smallest absolute Gasteiger partial charge is 0.229 e. The fourth-order valence-electron chi connectivity index (χ4n) is 1.35.